The zero-order valence-electron chi connectivity index (χ0n) is 17.2. The van der Waals surface area contributed by atoms with Crippen LogP contribution in [0.2, 0.25) is 0 Å². The number of sulfonamides is 1. The molecule has 0 unspecified atom stereocenters. The van der Waals surface area contributed by atoms with Crippen molar-refractivity contribution in [3.05, 3.63) is 48.0 Å². The number of rotatable bonds is 7. The second-order valence-corrected chi connectivity index (χ2v) is 11.4. The Hall–Kier alpha value is -1.98. The monoisotopic (exact) mass is 477 g/mol. The van der Waals surface area contributed by atoms with Crippen molar-refractivity contribution in [2.75, 3.05) is 31.8 Å². The van der Waals surface area contributed by atoms with E-state index in [2.05, 4.69) is 10.3 Å². The highest BCUT2D eigenvalue weighted by atomic mass is 32.2. The maximum Gasteiger partial charge on any atom is 0.255 e. The summed E-state index contributed by atoms with van der Waals surface area (Å²) in [5.41, 5.74) is 1.95. The number of aromatic nitrogens is 1. The van der Waals surface area contributed by atoms with Crippen LogP contribution < -0.4 is 5.32 Å². The smallest absolute Gasteiger partial charge is 0.255 e. The fourth-order valence-corrected chi connectivity index (χ4v) is 6.13. The van der Waals surface area contributed by atoms with E-state index < -0.39 is 10.0 Å². The quantitative estimate of drug-likeness (QED) is 0.516. The number of carbonyl (C=O) groups excluding carboxylic acids is 1. The SMILES string of the molecule is CSc1nc2ccc(NC(=O)c3ccc(S(=O)(=O)N(C)C[C@@H]4CCCO4)cc3)cc2s1. The van der Waals surface area contributed by atoms with Crippen molar-refractivity contribution >= 4 is 54.9 Å². The molecule has 1 fully saturated rings. The minimum absolute atomic E-state index is 0.0623. The molecule has 1 atom stereocenters. The number of benzene rings is 2. The van der Waals surface area contributed by atoms with Gasteiger partial charge in [0, 0.05) is 31.5 Å². The van der Waals surface area contributed by atoms with Crippen molar-refractivity contribution in [1.29, 1.82) is 0 Å². The molecule has 164 valence electrons. The largest absolute Gasteiger partial charge is 0.377 e. The number of thiazole rings is 1. The molecule has 1 aromatic heterocycles. The average molecular weight is 478 g/mol. The lowest BCUT2D eigenvalue weighted by atomic mass is 10.2. The molecule has 1 N–H and O–H groups in total. The highest BCUT2D eigenvalue weighted by Crippen LogP contribution is 2.30. The lowest BCUT2D eigenvalue weighted by Gasteiger charge is -2.20. The molecule has 0 radical (unpaired) electrons. The Morgan fingerprint density at radius 1 is 1.29 bits per heavy atom. The van der Waals surface area contributed by atoms with Gasteiger partial charge in [-0.3, -0.25) is 4.79 Å². The number of likely N-dealkylation sites (N-methyl/N-ethyl adjacent to an activating group) is 1. The number of amides is 1. The number of hydrogen-bond donors (Lipinski definition) is 1. The maximum absolute atomic E-state index is 12.8. The number of ether oxygens (including phenoxy) is 1. The third-order valence-corrected chi connectivity index (χ3v) is 8.95. The molecule has 1 aliphatic rings. The molecule has 7 nitrogen and oxygen atoms in total. The van der Waals surface area contributed by atoms with Crippen molar-refractivity contribution < 1.29 is 17.9 Å². The molecule has 1 aliphatic heterocycles. The van der Waals surface area contributed by atoms with E-state index >= 15 is 0 Å². The van der Waals surface area contributed by atoms with Crippen LogP contribution in [0.4, 0.5) is 5.69 Å². The minimum atomic E-state index is -3.64. The topological polar surface area (TPSA) is 88.6 Å². The standard InChI is InChI=1S/C21H23N3O4S3/c1-24(13-16-4-3-11-28-16)31(26,27)17-8-5-14(6-9-17)20(25)22-15-7-10-18-19(12-15)30-21(23-18)29-2/h5-10,12,16H,3-4,11,13H2,1-2H3,(H,22,25)/t16-/m0/s1. The summed E-state index contributed by atoms with van der Waals surface area (Å²) >= 11 is 3.16. The Bertz CT molecular complexity index is 1190. The van der Waals surface area contributed by atoms with E-state index in [0.29, 0.717) is 24.4 Å². The average Bonchev–Trinajstić information content (AvgIpc) is 3.42. The molecule has 0 aliphatic carbocycles. The second kappa shape index (κ2) is 9.25. The number of carbonyl (C=O) groups is 1. The maximum atomic E-state index is 12.8. The van der Waals surface area contributed by atoms with Gasteiger partial charge >= 0.3 is 0 Å². The lowest BCUT2D eigenvalue weighted by molar-refractivity contribution is 0.0979. The Kier molecular flexibility index (Phi) is 6.63. The summed E-state index contributed by atoms with van der Waals surface area (Å²) in [5.74, 6) is -0.300. The molecule has 31 heavy (non-hydrogen) atoms. The lowest BCUT2D eigenvalue weighted by Crippen LogP contribution is -2.34. The number of hydrogen-bond acceptors (Lipinski definition) is 7. The van der Waals surface area contributed by atoms with Gasteiger partial charge in [0.25, 0.3) is 5.91 Å². The second-order valence-electron chi connectivity index (χ2n) is 7.27. The number of fused-ring (bicyclic) bond motifs is 1. The predicted octanol–water partition coefficient (Wildman–Crippen LogP) is 4.07. The Morgan fingerprint density at radius 2 is 2.06 bits per heavy atom. The normalized spacial score (nSPS) is 16.8. The molecule has 2 heterocycles. The number of nitrogens with one attached hydrogen (secondary N) is 1. The van der Waals surface area contributed by atoms with Gasteiger partial charge in [-0.1, -0.05) is 11.8 Å². The van der Waals surface area contributed by atoms with Gasteiger partial charge in [-0.15, -0.1) is 11.3 Å². The Balaban J connectivity index is 1.45. The van der Waals surface area contributed by atoms with Crippen molar-refractivity contribution in [3.8, 4) is 0 Å². The van der Waals surface area contributed by atoms with E-state index in [9.17, 15) is 13.2 Å². The molecule has 10 heteroatoms. The third kappa shape index (κ3) is 4.93. The van der Waals surface area contributed by atoms with Gasteiger partial charge in [0.2, 0.25) is 10.0 Å². The zero-order valence-corrected chi connectivity index (χ0v) is 19.6. The molecule has 0 saturated carbocycles. The first kappa shape index (κ1) is 22.2. The van der Waals surface area contributed by atoms with Crippen LogP contribution in [0.1, 0.15) is 23.2 Å². The van der Waals surface area contributed by atoms with Crippen molar-refractivity contribution in [2.45, 2.75) is 28.2 Å². The Labute approximate surface area is 189 Å². The number of anilines is 1. The van der Waals surface area contributed by atoms with Crippen LogP contribution in [-0.4, -0.2) is 56.2 Å². The summed E-state index contributed by atoms with van der Waals surface area (Å²) in [6.45, 7) is 1.000. The van der Waals surface area contributed by atoms with Crippen LogP contribution in [-0.2, 0) is 14.8 Å². The van der Waals surface area contributed by atoms with E-state index in [4.69, 9.17) is 4.74 Å². The van der Waals surface area contributed by atoms with E-state index in [0.717, 1.165) is 27.4 Å². The van der Waals surface area contributed by atoms with E-state index in [1.54, 1.807) is 30.1 Å². The van der Waals surface area contributed by atoms with Crippen LogP contribution in [0.15, 0.2) is 51.7 Å². The van der Waals surface area contributed by atoms with Crippen LogP contribution in [0.25, 0.3) is 10.2 Å². The molecule has 2 aromatic carbocycles. The van der Waals surface area contributed by atoms with Crippen molar-refractivity contribution in [2.24, 2.45) is 0 Å². The van der Waals surface area contributed by atoms with E-state index in [1.165, 1.54) is 28.6 Å². The van der Waals surface area contributed by atoms with E-state index in [1.807, 2.05) is 24.5 Å². The van der Waals surface area contributed by atoms with E-state index in [-0.39, 0.29) is 16.9 Å². The Morgan fingerprint density at radius 3 is 2.74 bits per heavy atom. The van der Waals surface area contributed by atoms with Gasteiger partial charge < -0.3 is 10.1 Å². The van der Waals surface area contributed by atoms with Gasteiger partial charge in [-0.2, -0.15) is 4.31 Å². The first-order chi connectivity index (χ1) is 14.9. The highest BCUT2D eigenvalue weighted by Gasteiger charge is 2.26. The zero-order chi connectivity index (χ0) is 22.0. The fourth-order valence-electron chi connectivity index (χ4n) is 3.40. The summed E-state index contributed by atoms with van der Waals surface area (Å²) in [7, 11) is -2.09. The summed E-state index contributed by atoms with van der Waals surface area (Å²) < 4.78 is 34.4. The van der Waals surface area contributed by atoms with Gasteiger partial charge in [0.05, 0.1) is 21.2 Å². The number of thioether (sulfide) groups is 1. The van der Waals surface area contributed by atoms with Gasteiger partial charge in [0.15, 0.2) is 4.34 Å². The van der Waals surface area contributed by atoms with Crippen LogP contribution in [0.3, 0.4) is 0 Å². The van der Waals surface area contributed by atoms with Crippen LogP contribution in [0.5, 0.6) is 0 Å². The molecule has 3 aromatic rings. The summed E-state index contributed by atoms with van der Waals surface area (Å²) in [6, 6.07) is 11.6. The van der Waals surface area contributed by atoms with Crippen LogP contribution >= 0.6 is 23.1 Å². The van der Waals surface area contributed by atoms with Crippen LogP contribution in [0, 0.1) is 0 Å². The summed E-state index contributed by atoms with van der Waals surface area (Å²) in [6.07, 6.45) is 3.74. The summed E-state index contributed by atoms with van der Waals surface area (Å²) in [5, 5.41) is 2.86. The van der Waals surface area contributed by atoms with Gasteiger partial charge in [-0.25, -0.2) is 13.4 Å². The number of nitrogens with zero attached hydrogens (tertiary/aromatic N) is 2. The highest BCUT2D eigenvalue weighted by molar-refractivity contribution is 8.00. The molecular formula is C21H23N3O4S3. The molecule has 4 rings (SSSR count). The van der Waals surface area contributed by atoms with Gasteiger partial charge in [-0.05, 0) is 61.6 Å². The van der Waals surface area contributed by atoms with Crippen molar-refractivity contribution in [3.63, 3.8) is 0 Å². The first-order valence-corrected chi connectivity index (χ1v) is 13.3. The first-order valence-electron chi connectivity index (χ1n) is 9.81. The minimum Gasteiger partial charge on any atom is -0.377 e. The predicted molar refractivity (Wildman–Crippen MR) is 125 cm³/mol. The molecular weight excluding hydrogens is 454 g/mol. The summed E-state index contributed by atoms with van der Waals surface area (Å²) in [4.78, 5) is 17.3. The van der Waals surface area contributed by atoms with Crippen molar-refractivity contribution in [1.82, 2.24) is 9.29 Å². The van der Waals surface area contributed by atoms with Gasteiger partial charge in [0.1, 0.15) is 0 Å². The molecule has 1 saturated heterocycles. The third-order valence-electron chi connectivity index (χ3n) is 5.11. The fraction of sp³-hybridized carbons (Fsp3) is 0.333. The molecule has 1 amide bonds. The molecule has 0 bridgehead atoms. The molecule has 0 spiro atoms.